The predicted octanol–water partition coefficient (Wildman–Crippen LogP) is 12.1. The van der Waals surface area contributed by atoms with Gasteiger partial charge in [0.05, 0.1) is 11.0 Å². The van der Waals surface area contributed by atoms with Gasteiger partial charge in [-0.2, -0.15) is 0 Å². The van der Waals surface area contributed by atoms with E-state index in [4.69, 9.17) is 26.6 Å². The molecule has 0 radical (unpaired) electrons. The minimum Gasteiger partial charge on any atom is -0.309 e. The molecule has 10 aromatic rings. The van der Waals surface area contributed by atoms with Crippen LogP contribution in [0.5, 0.6) is 0 Å². The normalized spacial score (nSPS) is 11.8. The van der Waals surface area contributed by atoms with Crippen molar-refractivity contribution < 1.29 is 0 Å². The molecule has 0 saturated carbocycles. The molecule has 0 unspecified atom stereocenters. The van der Waals surface area contributed by atoms with Gasteiger partial charge in [-0.1, -0.05) is 115 Å². The summed E-state index contributed by atoms with van der Waals surface area (Å²) in [4.78, 5) is 15.4. The Morgan fingerprint density at radius 1 is 0.469 bits per heavy atom. The monoisotopic (exact) mass is 664 g/mol. The summed E-state index contributed by atoms with van der Waals surface area (Å²) in [5.74, 6) is 1.82. The topological polar surface area (TPSA) is 43.6 Å². The number of thiophene rings is 1. The fourth-order valence-corrected chi connectivity index (χ4v) is 8.44. The highest BCUT2D eigenvalue weighted by molar-refractivity contribution is 7.26. The first-order valence-corrected chi connectivity index (χ1v) is 17.3. The number of fused-ring (bicyclic) bond motifs is 7. The maximum Gasteiger partial charge on any atom is 0.165 e. The van der Waals surface area contributed by atoms with Crippen molar-refractivity contribution in [2.45, 2.75) is 0 Å². The van der Waals surface area contributed by atoms with Gasteiger partial charge in [0.25, 0.3) is 0 Å². The second-order valence-electron chi connectivity index (χ2n) is 12.2. The summed E-state index contributed by atoms with van der Waals surface area (Å²) in [7, 11) is 0. The van der Waals surface area contributed by atoms with Gasteiger partial charge in [-0.3, -0.25) is 0 Å². The van der Waals surface area contributed by atoms with Crippen LogP contribution in [0.15, 0.2) is 152 Å². The Balaban J connectivity index is 1.23. The van der Waals surface area contributed by atoms with Crippen LogP contribution in [0.3, 0.4) is 0 Å². The van der Waals surface area contributed by atoms with E-state index in [-0.39, 0.29) is 0 Å². The number of hydrogen-bond acceptors (Lipinski definition) is 4. The molecule has 3 aromatic heterocycles. The first-order valence-electron chi connectivity index (χ1n) is 16.1. The van der Waals surface area contributed by atoms with Gasteiger partial charge in [-0.25, -0.2) is 15.0 Å². The van der Waals surface area contributed by atoms with Crippen molar-refractivity contribution in [2.24, 2.45) is 0 Å². The molecule has 6 heteroatoms. The molecule has 0 aliphatic heterocycles. The maximum atomic E-state index is 6.87. The van der Waals surface area contributed by atoms with Crippen LogP contribution in [0.25, 0.3) is 92.6 Å². The summed E-state index contributed by atoms with van der Waals surface area (Å²) in [6, 6.07) is 52.7. The highest BCUT2D eigenvalue weighted by atomic mass is 35.5. The van der Waals surface area contributed by atoms with Crippen molar-refractivity contribution in [2.75, 3.05) is 0 Å². The van der Waals surface area contributed by atoms with Crippen molar-refractivity contribution in [3.8, 4) is 39.9 Å². The maximum absolute atomic E-state index is 6.87. The van der Waals surface area contributed by atoms with Crippen molar-refractivity contribution >= 4 is 75.7 Å². The second kappa shape index (κ2) is 11.1. The molecule has 0 N–H and O–H groups in total. The van der Waals surface area contributed by atoms with E-state index in [9.17, 15) is 0 Å². The summed E-state index contributed by atoms with van der Waals surface area (Å²) in [5.41, 5.74) is 6.08. The average Bonchev–Trinajstić information content (AvgIpc) is 3.68. The van der Waals surface area contributed by atoms with Gasteiger partial charge in [0, 0.05) is 58.3 Å². The quantitative estimate of drug-likeness (QED) is 0.188. The van der Waals surface area contributed by atoms with E-state index >= 15 is 0 Å². The van der Waals surface area contributed by atoms with Gasteiger partial charge < -0.3 is 4.57 Å². The van der Waals surface area contributed by atoms with Crippen molar-refractivity contribution in [3.63, 3.8) is 0 Å². The lowest BCUT2D eigenvalue weighted by Gasteiger charge is -2.11. The molecule has 7 aromatic carbocycles. The number of nitrogens with zero attached hydrogens (tertiary/aromatic N) is 4. The molecule has 0 fully saturated rings. The first kappa shape index (κ1) is 28.2. The number of halogens is 1. The summed E-state index contributed by atoms with van der Waals surface area (Å²) in [5, 5.41) is 7.72. The van der Waals surface area contributed by atoms with Crippen molar-refractivity contribution in [1.29, 1.82) is 0 Å². The third kappa shape index (κ3) is 4.62. The van der Waals surface area contributed by atoms with Crippen LogP contribution in [0.4, 0.5) is 0 Å². The number of aromatic nitrogens is 4. The minimum atomic E-state index is 0.594. The van der Waals surface area contributed by atoms with Crippen LogP contribution < -0.4 is 0 Å². The Labute approximate surface area is 290 Å². The molecule has 230 valence electrons. The average molecular weight is 665 g/mol. The molecule has 0 bridgehead atoms. The summed E-state index contributed by atoms with van der Waals surface area (Å²) in [6.07, 6.45) is 0. The van der Waals surface area contributed by atoms with E-state index in [1.807, 2.05) is 42.5 Å². The van der Waals surface area contributed by atoms with Gasteiger partial charge in [-0.05, 0) is 59.3 Å². The zero-order valence-corrected chi connectivity index (χ0v) is 27.6. The lowest BCUT2D eigenvalue weighted by atomic mass is 10.0. The summed E-state index contributed by atoms with van der Waals surface area (Å²) < 4.78 is 4.62. The molecule has 3 heterocycles. The Bertz CT molecular complexity index is 2890. The number of benzene rings is 7. The Morgan fingerprint density at radius 2 is 1.12 bits per heavy atom. The zero-order valence-electron chi connectivity index (χ0n) is 26.0. The van der Waals surface area contributed by atoms with E-state index in [0.29, 0.717) is 22.5 Å². The molecule has 0 aliphatic carbocycles. The molecule has 0 aliphatic rings. The van der Waals surface area contributed by atoms with Gasteiger partial charge >= 0.3 is 0 Å². The van der Waals surface area contributed by atoms with E-state index in [1.54, 1.807) is 11.3 Å². The number of rotatable bonds is 4. The lowest BCUT2D eigenvalue weighted by Crippen LogP contribution is -2.00. The van der Waals surface area contributed by atoms with Crippen LogP contribution in [0.1, 0.15) is 0 Å². The Kier molecular flexibility index (Phi) is 6.38. The van der Waals surface area contributed by atoms with E-state index in [0.717, 1.165) is 43.5 Å². The molecule has 49 heavy (non-hydrogen) atoms. The molecule has 4 nitrogen and oxygen atoms in total. The fourth-order valence-electron chi connectivity index (χ4n) is 7.00. The Hall–Kier alpha value is -5.88. The van der Waals surface area contributed by atoms with E-state index in [1.165, 1.54) is 31.6 Å². The zero-order chi connectivity index (χ0) is 32.5. The predicted molar refractivity (Wildman–Crippen MR) is 206 cm³/mol. The van der Waals surface area contributed by atoms with Crippen molar-refractivity contribution in [1.82, 2.24) is 19.5 Å². The molecule has 0 spiro atoms. The number of hydrogen-bond donors (Lipinski definition) is 0. The van der Waals surface area contributed by atoms with Crippen LogP contribution in [0, 0.1) is 0 Å². The first-order chi connectivity index (χ1) is 24.2. The minimum absolute atomic E-state index is 0.594. The fraction of sp³-hybridized carbons (Fsp3) is 0. The Morgan fingerprint density at radius 3 is 1.94 bits per heavy atom. The van der Waals surface area contributed by atoms with Gasteiger partial charge in [-0.15, -0.1) is 11.3 Å². The summed E-state index contributed by atoms with van der Waals surface area (Å²) >= 11 is 8.62. The molecular weight excluding hydrogens is 640 g/mol. The van der Waals surface area contributed by atoms with Crippen LogP contribution >= 0.6 is 22.9 Å². The van der Waals surface area contributed by atoms with Gasteiger partial charge in [0.15, 0.2) is 17.5 Å². The molecule has 0 amide bonds. The third-order valence-corrected chi connectivity index (χ3v) is 10.7. The number of para-hydroxylation sites is 2. The van der Waals surface area contributed by atoms with E-state index in [2.05, 4.69) is 114 Å². The lowest BCUT2D eigenvalue weighted by molar-refractivity contribution is 1.08. The standard InChI is InChI=1S/C43H25ClN4S/c44-30-24-35-34-21-27-13-7-8-14-28(27)23-39(34)49-40(35)36(25-30)43-46-41(26-11-3-1-4-12-26)45-42(47-43)29-19-20-33-32-17-9-10-18-37(32)48(38(33)22-29)31-15-5-2-6-16-31/h1-25H. The van der Waals surface area contributed by atoms with Crippen LogP contribution in [-0.2, 0) is 0 Å². The largest absolute Gasteiger partial charge is 0.309 e. The van der Waals surface area contributed by atoms with Crippen molar-refractivity contribution in [3.05, 3.63) is 157 Å². The van der Waals surface area contributed by atoms with Crippen LogP contribution in [0.2, 0.25) is 5.02 Å². The molecular formula is C43H25ClN4S. The highest BCUT2D eigenvalue weighted by Gasteiger charge is 2.19. The molecule has 0 atom stereocenters. The van der Waals surface area contributed by atoms with Crippen LogP contribution in [-0.4, -0.2) is 19.5 Å². The molecule has 10 rings (SSSR count). The highest BCUT2D eigenvalue weighted by Crippen LogP contribution is 2.43. The van der Waals surface area contributed by atoms with Gasteiger partial charge in [0.2, 0.25) is 0 Å². The van der Waals surface area contributed by atoms with Gasteiger partial charge in [0.1, 0.15) is 0 Å². The third-order valence-electron chi connectivity index (χ3n) is 9.26. The second-order valence-corrected chi connectivity index (χ2v) is 13.7. The SMILES string of the molecule is Clc1cc(-c2nc(-c3ccccc3)nc(-c3ccc4c5ccccc5n(-c5ccccc5)c4c3)n2)c2sc3cc4ccccc4cc3c2c1. The smallest absolute Gasteiger partial charge is 0.165 e. The molecule has 0 saturated heterocycles. The summed E-state index contributed by atoms with van der Waals surface area (Å²) in [6.45, 7) is 0. The van der Waals surface area contributed by atoms with E-state index < -0.39 is 0 Å².